The third-order valence-electron chi connectivity index (χ3n) is 6.23. The Kier molecular flexibility index (Phi) is 7.89. The van der Waals surface area contributed by atoms with Crippen molar-refractivity contribution in [3.63, 3.8) is 0 Å². The Hall–Kier alpha value is -4.58. The fraction of sp³-hybridized carbons (Fsp3) is 0.250. The number of nitrogens with one attached hydrogen (secondary N) is 1. The zero-order valence-corrected chi connectivity index (χ0v) is 20.5. The molecule has 1 amide bonds. The molecule has 1 aliphatic carbocycles. The van der Waals surface area contributed by atoms with E-state index in [9.17, 15) is 14.0 Å². The molecule has 0 saturated heterocycles. The lowest BCUT2D eigenvalue weighted by Crippen LogP contribution is -2.18. The number of carbonyl (C=O) groups is 1. The van der Waals surface area contributed by atoms with Crippen LogP contribution in [-0.4, -0.2) is 20.7 Å². The number of anilines is 1. The number of fused-ring (bicyclic) bond motifs is 1. The molecular weight excluding hydrogens is 473 g/mol. The number of para-hydroxylation sites is 1. The minimum absolute atomic E-state index is 0.170. The summed E-state index contributed by atoms with van der Waals surface area (Å²) in [7, 11) is 0. The van der Waals surface area contributed by atoms with Crippen LogP contribution in [0.5, 0.6) is 11.5 Å². The van der Waals surface area contributed by atoms with Gasteiger partial charge in [-0.15, -0.1) is 0 Å². The number of nitrogen functional groups attached to an aromatic ring is 1. The number of aromatic amines is 1. The average molecular weight is 502 g/mol. The third kappa shape index (κ3) is 5.81. The van der Waals surface area contributed by atoms with E-state index in [1.807, 2.05) is 18.3 Å². The van der Waals surface area contributed by atoms with Gasteiger partial charge in [-0.05, 0) is 55.5 Å². The number of hydrogen-bond donors (Lipinski definition) is 3. The van der Waals surface area contributed by atoms with Crippen molar-refractivity contribution in [2.24, 2.45) is 5.73 Å². The molecule has 0 atom stereocenters. The number of aromatic nitrogens is 3. The van der Waals surface area contributed by atoms with Crippen molar-refractivity contribution in [3.05, 3.63) is 70.9 Å². The number of hydrogen-bond acceptors (Lipinski definition) is 5. The Balaban J connectivity index is 0.000000480. The number of amides is 1. The summed E-state index contributed by atoms with van der Waals surface area (Å²) in [4.78, 5) is 22.3. The first-order valence-electron chi connectivity index (χ1n) is 12.0. The van der Waals surface area contributed by atoms with E-state index in [1.165, 1.54) is 12.5 Å². The van der Waals surface area contributed by atoms with Crippen LogP contribution in [0, 0.1) is 17.7 Å². The van der Waals surface area contributed by atoms with Crippen molar-refractivity contribution >= 4 is 22.6 Å². The van der Waals surface area contributed by atoms with E-state index in [-0.39, 0.29) is 17.4 Å². The second kappa shape index (κ2) is 11.4. The molecule has 2 aromatic carbocycles. The summed E-state index contributed by atoms with van der Waals surface area (Å²) in [5.41, 5.74) is 12.9. The lowest BCUT2D eigenvalue weighted by molar-refractivity contribution is -0.112. The van der Waals surface area contributed by atoms with Crippen LogP contribution >= 0.6 is 0 Å². The normalized spacial score (nSPS) is 13.2. The summed E-state index contributed by atoms with van der Waals surface area (Å²) in [5, 5.41) is 7.18. The van der Waals surface area contributed by atoms with Crippen LogP contribution in [0.25, 0.3) is 22.0 Å². The summed E-state index contributed by atoms with van der Waals surface area (Å²) >= 11 is 0. The number of rotatable bonds is 4. The Morgan fingerprint density at radius 1 is 1.14 bits per heavy atom. The molecule has 37 heavy (non-hydrogen) atoms. The monoisotopic (exact) mass is 501 g/mol. The smallest absolute Gasteiger partial charge is 0.293 e. The van der Waals surface area contributed by atoms with Gasteiger partial charge in [0.05, 0.1) is 5.39 Å². The predicted octanol–water partition coefficient (Wildman–Crippen LogP) is 4.91. The molecule has 1 saturated carbocycles. The highest BCUT2D eigenvalue weighted by Crippen LogP contribution is 2.38. The van der Waals surface area contributed by atoms with E-state index >= 15 is 0 Å². The highest BCUT2D eigenvalue weighted by Gasteiger charge is 2.23. The maximum absolute atomic E-state index is 13.9. The van der Waals surface area contributed by atoms with E-state index in [0.717, 1.165) is 36.8 Å². The largest absolute Gasteiger partial charge is 0.454 e. The van der Waals surface area contributed by atoms with Crippen LogP contribution in [0.2, 0.25) is 0 Å². The van der Waals surface area contributed by atoms with E-state index in [0.29, 0.717) is 22.5 Å². The number of H-pyrrole nitrogens is 1. The molecule has 2 heterocycles. The lowest BCUT2D eigenvalue weighted by atomic mass is 9.95. The molecule has 2 aromatic heterocycles. The van der Waals surface area contributed by atoms with Gasteiger partial charge in [-0.3, -0.25) is 9.59 Å². The molecule has 0 bridgehead atoms. The van der Waals surface area contributed by atoms with E-state index in [2.05, 4.69) is 32.3 Å². The number of benzene rings is 2. The van der Waals surface area contributed by atoms with Gasteiger partial charge in [0.2, 0.25) is 0 Å². The van der Waals surface area contributed by atoms with Crippen LogP contribution in [0.4, 0.5) is 10.2 Å². The lowest BCUT2D eigenvalue weighted by Gasteiger charge is -2.23. The number of carbonyl (C=O) groups excluding carboxylic acids is 1. The first kappa shape index (κ1) is 25.5. The third-order valence-corrected chi connectivity index (χ3v) is 6.23. The summed E-state index contributed by atoms with van der Waals surface area (Å²) in [6.45, 7) is 1.56. The maximum atomic E-state index is 13.9. The van der Waals surface area contributed by atoms with Crippen LogP contribution in [0.15, 0.2) is 59.5 Å². The standard InChI is InChI=1S/C24H23FN4O2.C4H5NO/c25-19-8-4-5-9-20(19)31-17-12-10-15(11-13-17)18-14-29(16-6-2-1-3-7-16)22-21(18)23(26)27-28-24(22)30;1-2-3-4(5)6/h4-5,8-14,16H,1-3,6-7H2,(H2,26,27)(H,28,30);1H3,(H2,5,6). The van der Waals surface area contributed by atoms with E-state index < -0.39 is 11.7 Å². The van der Waals surface area contributed by atoms with Crippen molar-refractivity contribution in [2.75, 3.05) is 5.73 Å². The molecule has 9 heteroatoms. The van der Waals surface area contributed by atoms with E-state index in [1.54, 1.807) is 37.3 Å². The molecule has 0 radical (unpaired) electrons. The molecule has 0 spiro atoms. The van der Waals surface area contributed by atoms with Crippen molar-refractivity contribution in [3.8, 4) is 34.5 Å². The minimum Gasteiger partial charge on any atom is -0.454 e. The highest BCUT2D eigenvalue weighted by atomic mass is 19.1. The summed E-state index contributed by atoms with van der Waals surface area (Å²) in [6.07, 6.45) is 7.63. The summed E-state index contributed by atoms with van der Waals surface area (Å²) in [6, 6.07) is 13.9. The fourth-order valence-electron chi connectivity index (χ4n) is 4.58. The van der Waals surface area contributed by atoms with Crippen molar-refractivity contribution in [1.29, 1.82) is 0 Å². The van der Waals surface area contributed by atoms with Gasteiger partial charge < -0.3 is 20.8 Å². The number of ether oxygens (including phenoxy) is 1. The number of primary amides is 1. The van der Waals surface area contributed by atoms with Gasteiger partial charge in [0.25, 0.3) is 11.5 Å². The number of nitrogens with zero attached hydrogens (tertiary/aromatic N) is 2. The second-order valence-corrected chi connectivity index (χ2v) is 8.70. The van der Waals surface area contributed by atoms with Crippen LogP contribution in [0.1, 0.15) is 45.1 Å². The second-order valence-electron chi connectivity index (χ2n) is 8.70. The Labute approximate surface area is 213 Å². The quantitative estimate of drug-likeness (QED) is 0.342. The minimum atomic E-state index is -0.572. The molecule has 0 unspecified atom stereocenters. The average Bonchev–Trinajstić information content (AvgIpc) is 3.31. The molecule has 4 aromatic rings. The summed E-state index contributed by atoms with van der Waals surface area (Å²) in [5.74, 6) is 4.44. The van der Waals surface area contributed by atoms with Gasteiger partial charge in [-0.1, -0.05) is 49.4 Å². The Morgan fingerprint density at radius 2 is 1.84 bits per heavy atom. The first-order valence-corrected chi connectivity index (χ1v) is 12.0. The van der Waals surface area contributed by atoms with Crippen molar-refractivity contribution < 1.29 is 13.9 Å². The van der Waals surface area contributed by atoms with Gasteiger partial charge >= 0.3 is 0 Å². The van der Waals surface area contributed by atoms with Gasteiger partial charge in [-0.25, -0.2) is 9.49 Å². The Bertz CT molecular complexity index is 1520. The summed E-state index contributed by atoms with van der Waals surface area (Å²) < 4.78 is 21.6. The van der Waals surface area contributed by atoms with Crippen molar-refractivity contribution in [2.45, 2.75) is 45.1 Å². The van der Waals surface area contributed by atoms with Gasteiger partial charge in [-0.2, -0.15) is 5.10 Å². The predicted molar refractivity (Wildman–Crippen MR) is 141 cm³/mol. The van der Waals surface area contributed by atoms with Crippen LogP contribution < -0.4 is 21.8 Å². The molecule has 0 aliphatic heterocycles. The Morgan fingerprint density at radius 3 is 2.46 bits per heavy atom. The molecule has 1 fully saturated rings. The molecule has 5 rings (SSSR count). The molecular formula is C28H28FN5O3. The maximum Gasteiger partial charge on any atom is 0.293 e. The van der Waals surface area contributed by atoms with Crippen LogP contribution in [0.3, 0.4) is 0 Å². The highest BCUT2D eigenvalue weighted by molar-refractivity contribution is 6.02. The first-order chi connectivity index (χ1) is 17.9. The number of nitrogens with two attached hydrogens (primary N) is 2. The van der Waals surface area contributed by atoms with Crippen LogP contribution in [-0.2, 0) is 4.79 Å². The van der Waals surface area contributed by atoms with E-state index in [4.69, 9.17) is 10.5 Å². The SMILES string of the molecule is CC#CC(N)=O.Nc1n[nH]c(=O)c2c1c(-c1ccc(Oc3ccccc3F)cc1)cn2C1CCCCC1. The van der Waals surface area contributed by atoms with Gasteiger partial charge in [0, 0.05) is 17.8 Å². The molecule has 8 nitrogen and oxygen atoms in total. The fourth-order valence-corrected chi connectivity index (χ4v) is 4.58. The van der Waals surface area contributed by atoms with Gasteiger partial charge in [0.15, 0.2) is 17.4 Å². The zero-order chi connectivity index (χ0) is 26.4. The molecule has 190 valence electrons. The molecule has 5 N–H and O–H groups in total. The topological polar surface area (TPSA) is 129 Å². The number of halogens is 1. The van der Waals surface area contributed by atoms with Crippen molar-refractivity contribution in [1.82, 2.24) is 14.8 Å². The van der Waals surface area contributed by atoms with Gasteiger partial charge in [0.1, 0.15) is 11.3 Å². The zero-order valence-electron chi connectivity index (χ0n) is 20.5. The molecule has 1 aliphatic rings.